The predicted octanol–water partition coefficient (Wildman–Crippen LogP) is 2.58. The van der Waals surface area contributed by atoms with Crippen molar-refractivity contribution in [3.63, 3.8) is 0 Å². The van der Waals surface area contributed by atoms with Crippen molar-refractivity contribution in [1.29, 1.82) is 0 Å². The zero-order chi connectivity index (χ0) is 28.5. The van der Waals surface area contributed by atoms with Crippen LogP contribution in [0.15, 0.2) is 43.0 Å². The average Bonchev–Trinajstić information content (AvgIpc) is 3.64. The van der Waals surface area contributed by atoms with Gasteiger partial charge < -0.3 is 26.1 Å². The summed E-state index contributed by atoms with van der Waals surface area (Å²) in [5.41, 5.74) is 10.8. The van der Waals surface area contributed by atoms with E-state index in [1.165, 1.54) is 6.33 Å². The number of aromatic amines is 1. The lowest BCUT2D eigenvalue weighted by molar-refractivity contribution is -0.117. The highest BCUT2D eigenvalue weighted by atomic mass is 16.5. The highest BCUT2D eigenvalue weighted by Crippen LogP contribution is 2.33. The summed E-state index contributed by atoms with van der Waals surface area (Å²) >= 11 is 0. The number of nitrogens with one attached hydrogen (secondary N) is 3. The number of para-hydroxylation sites is 1. The van der Waals surface area contributed by atoms with E-state index in [-0.39, 0.29) is 30.5 Å². The molecular formula is C27H30N12O2. The smallest absolute Gasteiger partial charge is 0.321 e. The minimum Gasteiger partial charge on any atom is -0.459 e. The fraction of sp³-hybridized carbons (Fsp3) is 0.296. The monoisotopic (exact) mass is 554 g/mol. The lowest BCUT2D eigenvalue weighted by atomic mass is 10.1. The number of aryl methyl sites for hydroxylation is 3. The Bertz CT molecular complexity index is 1710. The molecule has 1 aliphatic rings. The van der Waals surface area contributed by atoms with E-state index in [2.05, 4.69) is 40.7 Å². The van der Waals surface area contributed by atoms with Crippen LogP contribution in [-0.4, -0.2) is 76.2 Å². The molecule has 1 aliphatic heterocycles. The van der Waals surface area contributed by atoms with Crippen LogP contribution in [0.25, 0.3) is 22.2 Å². The van der Waals surface area contributed by atoms with Gasteiger partial charge in [-0.15, -0.1) is 0 Å². The number of H-pyrrole nitrogens is 1. The molecule has 0 spiro atoms. The van der Waals surface area contributed by atoms with Crippen molar-refractivity contribution >= 4 is 40.2 Å². The van der Waals surface area contributed by atoms with Gasteiger partial charge >= 0.3 is 6.01 Å². The van der Waals surface area contributed by atoms with Gasteiger partial charge in [0.2, 0.25) is 17.8 Å². The fourth-order valence-corrected chi connectivity index (χ4v) is 4.89. The Kier molecular flexibility index (Phi) is 6.89. The molecule has 0 radical (unpaired) electrons. The number of nitrogen functional groups attached to an aromatic ring is 1. The van der Waals surface area contributed by atoms with E-state index < -0.39 is 0 Å². The molecule has 1 aromatic carbocycles. The summed E-state index contributed by atoms with van der Waals surface area (Å²) in [5, 5.41) is 11.6. The molecule has 1 atom stereocenters. The number of hydrogen-bond acceptors (Lipinski definition) is 11. The second kappa shape index (κ2) is 10.8. The molecule has 0 aliphatic carbocycles. The number of nitrogens with two attached hydrogens (primary N) is 1. The lowest BCUT2D eigenvalue weighted by Crippen LogP contribution is -2.33. The molecule has 0 saturated carbocycles. The molecular weight excluding hydrogens is 524 g/mol. The summed E-state index contributed by atoms with van der Waals surface area (Å²) in [6.07, 6.45) is 5.63. The average molecular weight is 555 g/mol. The molecule has 4 aromatic heterocycles. The molecule has 0 bridgehead atoms. The first-order chi connectivity index (χ1) is 19.8. The van der Waals surface area contributed by atoms with E-state index in [0.717, 1.165) is 46.4 Å². The van der Waals surface area contributed by atoms with Crippen LogP contribution in [0, 0.1) is 13.8 Å². The van der Waals surface area contributed by atoms with E-state index >= 15 is 0 Å². The summed E-state index contributed by atoms with van der Waals surface area (Å²) in [7, 11) is 1.89. The number of likely N-dealkylation sites (tertiary alicyclic amines) is 1. The molecule has 41 heavy (non-hydrogen) atoms. The van der Waals surface area contributed by atoms with Crippen molar-refractivity contribution in [3.8, 4) is 17.3 Å². The topological polar surface area (TPSA) is 178 Å². The van der Waals surface area contributed by atoms with E-state index in [4.69, 9.17) is 15.5 Å². The predicted molar refractivity (Wildman–Crippen MR) is 154 cm³/mol. The maximum Gasteiger partial charge on any atom is 0.321 e. The van der Waals surface area contributed by atoms with Gasteiger partial charge in [0, 0.05) is 55.2 Å². The third kappa shape index (κ3) is 5.63. The number of hydrogen-bond donors (Lipinski definition) is 4. The summed E-state index contributed by atoms with van der Waals surface area (Å²) in [5.74, 6) is 1.12. The summed E-state index contributed by atoms with van der Waals surface area (Å²) in [4.78, 5) is 39.3. The van der Waals surface area contributed by atoms with Gasteiger partial charge in [0.05, 0.1) is 23.4 Å². The first-order valence-corrected chi connectivity index (χ1v) is 13.2. The number of carbonyl (C=O) groups excluding carboxylic acids is 1. The van der Waals surface area contributed by atoms with Crippen LogP contribution in [0.5, 0.6) is 6.01 Å². The number of anilines is 4. The van der Waals surface area contributed by atoms with E-state index in [1.807, 2.05) is 56.3 Å². The van der Waals surface area contributed by atoms with E-state index in [9.17, 15) is 4.79 Å². The molecule has 14 nitrogen and oxygen atoms in total. The highest BCUT2D eigenvalue weighted by Gasteiger charge is 2.26. The second-order valence-electron chi connectivity index (χ2n) is 10.0. The van der Waals surface area contributed by atoms with Gasteiger partial charge in [-0.1, -0.05) is 12.1 Å². The molecule has 6 rings (SSSR count). The molecule has 14 heteroatoms. The lowest BCUT2D eigenvalue weighted by Gasteiger charge is -2.16. The second-order valence-corrected chi connectivity index (χ2v) is 10.0. The molecule has 5 aromatic rings. The van der Waals surface area contributed by atoms with Gasteiger partial charge in [-0.3, -0.25) is 14.4 Å². The minimum atomic E-state index is -0.129. The van der Waals surface area contributed by atoms with Crippen molar-refractivity contribution < 1.29 is 9.53 Å². The quantitative estimate of drug-likeness (QED) is 0.222. The number of rotatable bonds is 8. The van der Waals surface area contributed by atoms with Gasteiger partial charge in [0.1, 0.15) is 12.4 Å². The normalized spacial score (nSPS) is 15.3. The summed E-state index contributed by atoms with van der Waals surface area (Å²) in [6, 6.07) is 7.93. The number of benzene rings is 1. The van der Waals surface area contributed by atoms with Gasteiger partial charge in [-0.25, -0.2) is 15.0 Å². The minimum absolute atomic E-state index is 0.109. The zero-order valence-electron chi connectivity index (χ0n) is 22.9. The van der Waals surface area contributed by atoms with Gasteiger partial charge in [-0.2, -0.15) is 15.1 Å². The first kappa shape index (κ1) is 26.1. The van der Waals surface area contributed by atoms with Gasteiger partial charge in [0.25, 0.3) is 0 Å². The fourth-order valence-electron chi connectivity index (χ4n) is 4.89. The molecule has 5 N–H and O–H groups in total. The van der Waals surface area contributed by atoms with Crippen LogP contribution in [-0.2, 0) is 11.8 Å². The molecule has 1 fully saturated rings. The van der Waals surface area contributed by atoms with Crippen LogP contribution in [0.1, 0.15) is 17.7 Å². The Balaban J connectivity index is 1.14. The van der Waals surface area contributed by atoms with Crippen LogP contribution in [0.2, 0.25) is 0 Å². The molecule has 5 heterocycles. The SMILES string of the molecule is Cc1cnc(Nc2cc(C)n(C)n2)nc1-c1c[nH]c2c(NC(=O)CN3CC[C@H](Oc4ncnc(N)n4)C3)cccc12. The molecule has 1 saturated heterocycles. The summed E-state index contributed by atoms with van der Waals surface area (Å²) < 4.78 is 7.59. The van der Waals surface area contributed by atoms with Gasteiger partial charge in [-0.05, 0) is 31.9 Å². The van der Waals surface area contributed by atoms with E-state index in [0.29, 0.717) is 24.0 Å². The molecule has 210 valence electrons. The Labute approximate surface area is 235 Å². The number of ether oxygens (including phenoxy) is 1. The van der Waals surface area contributed by atoms with Crippen molar-refractivity contribution in [2.45, 2.75) is 26.4 Å². The molecule has 0 unspecified atom stereocenters. The maximum absolute atomic E-state index is 13.0. The third-order valence-corrected chi connectivity index (χ3v) is 7.01. The van der Waals surface area contributed by atoms with Gasteiger partial charge in [0.15, 0.2) is 5.82 Å². The third-order valence-electron chi connectivity index (χ3n) is 7.01. The zero-order valence-corrected chi connectivity index (χ0v) is 22.9. The van der Waals surface area contributed by atoms with Crippen LogP contribution < -0.4 is 21.1 Å². The highest BCUT2D eigenvalue weighted by molar-refractivity contribution is 6.06. The van der Waals surface area contributed by atoms with Crippen LogP contribution in [0.3, 0.4) is 0 Å². The van der Waals surface area contributed by atoms with E-state index in [1.54, 1.807) is 10.9 Å². The Morgan fingerprint density at radius 1 is 1.22 bits per heavy atom. The van der Waals surface area contributed by atoms with Crippen LogP contribution in [0.4, 0.5) is 23.4 Å². The Hall–Kier alpha value is -5.11. The van der Waals surface area contributed by atoms with Crippen molar-refractivity contribution in [1.82, 2.24) is 44.6 Å². The number of fused-ring (bicyclic) bond motifs is 1. The number of carbonyl (C=O) groups is 1. The standard InChI is InChI=1S/C27H30N12O2/c1-15-10-30-26(34-21-9-16(2)38(3)37-21)35-23(15)19-11-29-24-18(19)5-4-6-20(24)33-22(40)13-39-8-7-17(12-39)41-27-32-14-31-25(28)36-27/h4-6,9-11,14,17,29H,7-8,12-13H2,1-3H3,(H,33,40)(H2,28,31,32,36)(H,30,34,35,37)/t17-/m0/s1. The van der Waals surface area contributed by atoms with Crippen LogP contribution >= 0.6 is 0 Å². The Morgan fingerprint density at radius 3 is 2.90 bits per heavy atom. The number of nitrogens with zero attached hydrogens (tertiary/aromatic N) is 8. The largest absolute Gasteiger partial charge is 0.459 e. The number of aromatic nitrogens is 8. The first-order valence-electron chi connectivity index (χ1n) is 13.2. The Morgan fingerprint density at radius 2 is 2.10 bits per heavy atom. The summed E-state index contributed by atoms with van der Waals surface area (Å²) in [6.45, 7) is 5.48. The van der Waals surface area contributed by atoms with Crippen molar-refractivity contribution in [2.24, 2.45) is 7.05 Å². The number of amides is 1. The molecule has 1 amide bonds. The maximum atomic E-state index is 13.0. The van der Waals surface area contributed by atoms with Crippen molar-refractivity contribution in [2.75, 3.05) is 36.0 Å². The van der Waals surface area contributed by atoms with Crippen molar-refractivity contribution in [3.05, 3.63) is 54.2 Å².